The highest BCUT2D eigenvalue weighted by Crippen LogP contribution is 2.26. The van der Waals surface area contributed by atoms with E-state index in [1.54, 1.807) is 4.90 Å². The van der Waals surface area contributed by atoms with Gasteiger partial charge in [-0.1, -0.05) is 48.5 Å². The fourth-order valence-corrected chi connectivity index (χ4v) is 3.92. The number of aromatic nitrogens is 1. The number of esters is 1. The van der Waals surface area contributed by atoms with Crippen LogP contribution in [-0.4, -0.2) is 54.7 Å². The smallest absolute Gasteiger partial charge is 0.307 e. The zero-order chi connectivity index (χ0) is 21.6. The predicted molar refractivity (Wildman–Crippen MR) is 119 cm³/mol. The zero-order valence-electron chi connectivity index (χ0n) is 17.6. The van der Waals surface area contributed by atoms with Crippen LogP contribution in [-0.2, 0) is 14.3 Å². The minimum absolute atomic E-state index is 0.0108. The van der Waals surface area contributed by atoms with E-state index in [2.05, 4.69) is 0 Å². The molecule has 2 heterocycles. The van der Waals surface area contributed by atoms with Gasteiger partial charge in [-0.3, -0.25) is 9.59 Å². The number of ether oxygens (including phenoxy) is 2. The van der Waals surface area contributed by atoms with Gasteiger partial charge in [-0.15, -0.1) is 0 Å². The maximum Gasteiger partial charge on any atom is 0.307 e. The number of hydrogen-bond acceptors (Lipinski definition) is 5. The van der Waals surface area contributed by atoms with Crippen LogP contribution >= 0.6 is 0 Å². The molecule has 6 heteroatoms. The van der Waals surface area contributed by atoms with Crippen molar-refractivity contribution in [3.8, 4) is 11.3 Å². The normalized spacial score (nSPS) is 15.7. The van der Waals surface area contributed by atoms with Crippen LogP contribution in [0.2, 0.25) is 0 Å². The Morgan fingerprint density at radius 1 is 1.13 bits per heavy atom. The average molecular weight is 418 g/mol. The van der Waals surface area contributed by atoms with Gasteiger partial charge in [0.1, 0.15) is 0 Å². The van der Waals surface area contributed by atoms with Crippen molar-refractivity contribution >= 4 is 22.8 Å². The molecule has 1 atom stereocenters. The van der Waals surface area contributed by atoms with Crippen molar-refractivity contribution in [2.45, 2.75) is 25.4 Å². The lowest BCUT2D eigenvalue weighted by Gasteiger charge is -2.26. The molecule has 0 bridgehead atoms. The lowest BCUT2D eigenvalue weighted by Crippen LogP contribution is -2.39. The third-order valence-electron chi connectivity index (χ3n) is 5.56. The Bertz CT molecular complexity index is 1060. The van der Waals surface area contributed by atoms with Gasteiger partial charge in [0.05, 0.1) is 36.4 Å². The van der Waals surface area contributed by atoms with Crippen molar-refractivity contribution in [2.75, 3.05) is 26.8 Å². The molecule has 1 amide bonds. The maximum absolute atomic E-state index is 13.7. The summed E-state index contributed by atoms with van der Waals surface area (Å²) in [4.78, 5) is 32.0. The fourth-order valence-electron chi connectivity index (χ4n) is 3.92. The van der Waals surface area contributed by atoms with Gasteiger partial charge < -0.3 is 14.4 Å². The number of pyridine rings is 1. The summed E-state index contributed by atoms with van der Waals surface area (Å²) in [6.07, 6.45) is 2.03. The standard InChI is InChI=1S/C25H26N2O4/c1-30-24(28)13-14-27(17-19-10-7-15-31-19)25(29)21-16-23(18-8-3-2-4-9-18)26-22-12-6-5-11-20(21)22/h2-6,8-9,11-12,16,19H,7,10,13-15,17H2,1H3. The SMILES string of the molecule is COC(=O)CCN(CC1CCCO1)C(=O)c1cc(-c2ccccc2)nc2ccccc12. The second kappa shape index (κ2) is 9.71. The minimum atomic E-state index is -0.338. The van der Waals surface area contributed by atoms with Gasteiger partial charge >= 0.3 is 5.97 Å². The Morgan fingerprint density at radius 3 is 2.65 bits per heavy atom. The van der Waals surface area contributed by atoms with Crippen molar-refractivity contribution < 1.29 is 19.1 Å². The molecule has 0 N–H and O–H groups in total. The molecule has 31 heavy (non-hydrogen) atoms. The van der Waals surface area contributed by atoms with E-state index in [-0.39, 0.29) is 30.9 Å². The topological polar surface area (TPSA) is 68.7 Å². The molecule has 3 aromatic rings. The van der Waals surface area contributed by atoms with Crippen LogP contribution in [0.15, 0.2) is 60.7 Å². The average Bonchev–Trinajstić information content (AvgIpc) is 3.34. The Hall–Kier alpha value is -3.25. The first-order valence-corrected chi connectivity index (χ1v) is 10.6. The predicted octanol–water partition coefficient (Wildman–Crippen LogP) is 4.09. The molecule has 1 saturated heterocycles. The zero-order valence-corrected chi connectivity index (χ0v) is 17.6. The number of rotatable bonds is 7. The van der Waals surface area contributed by atoms with E-state index >= 15 is 0 Å². The Morgan fingerprint density at radius 2 is 1.90 bits per heavy atom. The van der Waals surface area contributed by atoms with Gasteiger partial charge in [-0.05, 0) is 25.0 Å². The summed E-state index contributed by atoms with van der Waals surface area (Å²) in [5, 5.41) is 0.794. The molecule has 1 unspecified atom stereocenters. The second-order valence-electron chi connectivity index (χ2n) is 7.65. The summed E-state index contributed by atoms with van der Waals surface area (Å²) >= 11 is 0. The van der Waals surface area contributed by atoms with Gasteiger partial charge in [0, 0.05) is 30.6 Å². The lowest BCUT2D eigenvalue weighted by molar-refractivity contribution is -0.140. The summed E-state index contributed by atoms with van der Waals surface area (Å²) in [7, 11) is 1.36. The fraction of sp³-hybridized carbons (Fsp3) is 0.320. The van der Waals surface area contributed by atoms with Crippen LogP contribution < -0.4 is 0 Å². The van der Waals surface area contributed by atoms with Crippen molar-refractivity contribution in [2.24, 2.45) is 0 Å². The van der Waals surface area contributed by atoms with Crippen LogP contribution in [0.4, 0.5) is 0 Å². The van der Waals surface area contributed by atoms with E-state index in [0.29, 0.717) is 18.7 Å². The van der Waals surface area contributed by atoms with Crippen LogP contribution in [0, 0.1) is 0 Å². The van der Waals surface area contributed by atoms with Crippen LogP contribution in [0.1, 0.15) is 29.6 Å². The first-order valence-electron chi connectivity index (χ1n) is 10.6. The van der Waals surface area contributed by atoms with E-state index in [1.807, 2.05) is 60.7 Å². The number of para-hydroxylation sites is 1. The van der Waals surface area contributed by atoms with Gasteiger partial charge in [0.25, 0.3) is 5.91 Å². The molecule has 1 fully saturated rings. The highest BCUT2D eigenvalue weighted by atomic mass is 16.5. The summed E-state index contributed by atoms with van der Waals surface area (Å²) in [5.41, 5.74) is 3.03. The van der Waals surface area contributed by atoms with Gasteiger partial charge in [-0.2, -0.15) is 0 Å². The summed E-state index contributed by atoms with van der Waals surface area (Å²) in [6, 6.07) is 19.3. The monoisotopic (exact) mass is 418 g/mol. The number of methoxy groups -OCH3 is 1. The highest BCUT2D eigenvalue weighted by molar-refractivity contribution is 6.07. The molecule has 160 valence electrons. The summed E-state index contributed by atoms with van der Waals surface area (Å²) < 4.78 is 10.5. The molecule has 1 aliphatic rings. The van der Waals surface area contributed by atoms with Gasteiger partial charge in [-0.25, -0.2) is 4.98 Å². The number of hydrogen-bond donors (Lipinski definition) is 0. The number of fused-ring (bicyclic) bond motifs is 1. The third-order valence-corrected chi connectivity index (χ3v) is 5.56. The number of nitrogens with zero attached hydrogens (tertiary/aromatic N) is 2. The van der Waals surface area contributed by atoms with E-state index in [0.717, 1.165) is 35.0 Å². The molecular weight excluding hydrogens is 392 g/mol. The molecule has 0 saturated carbocycles. The van der Waals surface area contributed by atoms with Crippen LogP contribution in [0.25, 0.3) is 22.2 Å². The molecule has 1 aliphatic heterocycles. The van der Waals surface area contributed by atoms with E-state index in [1.165, 1.54) is 7.11 Å². The molecule has 0 aliphatic carbocycles. The molecular formula is C25H26N2O4. The Balaban J connectivity index is 1.72. The third kappa shape index (κ3) is 4.91. The van der Waals surface area contributed by atoms with Crippen molar-refractivity contribution in [1.82, 2.24) is 9.88 Å². The first kappa shape index (κ1) is 21.0. The Labute approximate surface area is 181 Å². The quantitative estimate of drug-likeness (QED) is 0.541. The van der Waals surface area contributed by atoms with Gasteiger partial charge in [0.15, 0.2) is 0 Å². The molecule has 0 spiro atoms. The molecule has 6 nitrogen and oxygen atoms in total. The summed E-state index contributed by atoms with van der Waals surface area (Å²) in [5.74, 6) is -0.468. The lowest BCUT2D eigenvalue weighted by atomic mass is 10.0. The number of carbonyl (C=O) groups is 2. The highest BCUT2D eigenvalue weighted by Gasteiger charge is 2.26. The van der Waals surface area contributed by atoms with Crippen molar-refractivity contribution in [1.29, 1.82) is 0 Å². The second-order valence-corrected chi connectivity index (χ2v) is 7.65. The van der Waals surface area contributed by atoms with Crippen molar-refractivity contribution in [3.05, 3.63) is 66.2 Å². The number of amides is 1. The molecule has 2 aromatic carbocycles. The van der Waals surface area contributed by atoms with E-state index < -0.39 is 0 Å². The van der Waals surface area contributed by atoms with Crippen LogP contribution in [0.5, 0.6) is 0 Å². The molecule has 4 rings (SSSR count). The van der Waals surface area contributed by atoms with Gasteiger partial charge in [0.2, 0.25) is 0 Å². The number of benzene rings is 2. The molecule has 1 aromatic heterocycles. The van der Waals surface area contributed by atoms with Crippen molar-refractivity contribution in [3.63, 3.8) is 0 Å². The molecule has 0 radical (unpaired) electrons. The van der Waals surface area contributed by atoms with Crippen LogP contribution in [0.3, 0.4) is 0 Å². The maximum atomic E-state index is 13.7. The largest absolute Gasteiger partial charge is 0.469 e. The summed E-state index contributed by atoms with van der Waals surface area (Å²) in [6.45, 7) is 1.44. The van der Waals surface area contributed by atoms with E-state index in [4.69, 9.17) is 14.5 Å². The Kier molecular flexibility index (Phi) is 6.57. The number of carbonyl (C=O) groups excluding carboxylic acids is 2. The first-order chi connectivity index (χ1) is 15.2. The minimum Gasteiger partial charge on any atom is -0.469 e. The van der Waals surface area contributed by atoms with E-state index in [9.17, 15) is 9.59 Å².